The number of anilines is 1. The van der Waals surface area contributed by atoms with Crippen LogP contribution in [-0.2, 0) is 23.0 Å². The molecule has 7 heteroatoms. The lowest BCUT2D eigenvalue weighted by Crippen LogP contribution is -2.35. The van der Waals surface area contributed by atoms with Crippen molar-refractivity contribution in [2.24, 2.45) is 0 Å². The topological polar surface area (TPSA) is 72.5 Å². The minimum atomic E-state index is -3.72. The monoisotopic (exact) mass is 358 g/mol. The summed E-state index contributed by atoms with van der Waals surface area (Å²) in [6.07, 6.45) is 1.65. The van der Waals surface area contributed by atoms with E-state index in [-0.39, 0.29) is 4.90 Å². The predicted molar refractivity (Wildman–Crippen MR) is 95.4 cm³/mol. The van der Waals surface area contributed by atoms with E-state index < -0.39 is 15.8 Å². The van der Waals surface area contributed by atoms with E-state index in [1.54, 1.807) is 6.07 Å². The lowest BCUT2D eigenvalue weighted by molar-refractivity contribution is 0.512. The van der Waals surface area contributed by atoms with Crippen LogP contribution in [0, 0.1) is 0 Å². The van der Waals surface area contributed by atoms with Crippen LogP contribution in [0.1, 0.15) is 18.9 Å². The molecule has 4 rings (SSSR count). The Morgan fingerprint density at radius 1 is 1.16 bits per heavy atom. The van der Waals surface area contributed by atoms with Crippen molar-refractivity contribution < 1.29 is 12.8 Å². The molecule has 0 unspecified atom stereocenters. The number of nitrogens with zero attached hydrogens (tertiary/aromatic N) is 2. The number of sulfonamides is 1. The smallest absolute Gasteiger partial charge is 0.408 e. The molecule has 0 amide bonds. The fourth-order valence-corrected chi connectivity index (χ4v) is 4.94. The maximum absolute atomic E-state index is 13.2. The normalized spacial score (nSPS) is 14.7. The summed E-state index contributed by atoms with van der Waals surface area (Å²) in [7, 11) is -3.72. The first-order valence-corrected chi connectivity index (χ1v) is 9.70. The summed E-state index contributed by atoms with van der Waals surface area (Å²) in [5.74, 6) is -0.477. The van der Waals surface area contributed by atoms with Crippen molar-refractivity contribution in [2.45, 2.75) is 31.2 Å². The van der Waals surface area contributed by atoms with E-state index in [0.29, 0.717) is 24.2 Å². The third-order valence-electron chi connectivity index (χ3n) is 4.61. The fraction of sp³-hybridized carbons (Fsp3) is 0.278. The summed E-state index contributed by atoms with van der Waals surface area (Å²) in [6.45, 7) is 2.75. The summed E-state index contributed by atoms with van der Waals surface area (Å²) in [4.78, 5) is 12.0. The van der Waals surface area contributed by atoms with Crippen molar-refractivity contribution in [3.63, 3.8) is 0 Å². The van der Waals surface area contributed by atoms with Crippen LogP contribution in [0.5, 0.6) is 0 Å². The SMILES string of the molecule is CCn1c(=O)oc2cc(S(=O)(=O)N3CCCc4ccccc43)ccc21. The van der Waals surface area contributed by atoms with Crippen molar-refractivity contribution >= 4 is 26.8 Å². The van der Waals surface area contributed by atoms with Gasteiger partial charge in [0.25, 0.3) is 10.0 Å². The Morgan fingerprint density at radius 3 is 2.76 bits per heavy atom. The highest BCUT2D eigenvalue weighted by Crippen LogP contribution is 2.32. The Bertz CT molecular complexity index is 1110. The number of rotatable bonds is 3. The lowest BCUT2D eigenvalue weighted by atomic mass is 10.0. The first-order valence-electron chi connectivity index (χ1n) is 8.26. The molecule has 6 nitrogen and oxygen atoms in total. The lowest BCUT2D eigenvalue weighted by Gasteiger charge is -2.30. The first kappa shape index (κ1) is 16.0. The zero-order chi connectivity index (χ0) is 17.6. The zero-order valence-electron chi connectivity index (χ0n) is 13.8. The van der Waals surface area contributed by atoms with Crippen LogP contribution in [0.15, 0.2) is 56.6 Å². The second-order valence-electron chi connectivity index (χ2n) is 6.05. The molecule has 0 aliphatic carbocycles. The van der Waals surface area contributed by atoms with Gasteiger partial charge in [-0.2, -0.15) is 0 Å². The Kier molecular flexibility index (Phi) is 3.68. The molecular weight excluding hydrogens is 340 g/mol. The van der Waals surface area contributed by atoms with Crippen molar-refractivity contribution in [3.8, 4) is 0 Å². The Morgan fingerprint density at radius 2 is 1.96 bits per heavy atom. The minimum Gasteiger partial charge on any atom is -0.408 e. The first-order chi connectivity index (χ1) is 12.0. The van der Waals surface area contributed by atoms with E-state index in [2.05, 4.69) is 0 Å². The molecule has 1 aliphatic rings. The fourth-order valence-electron chi connectivity index (χ4n) is 3.38. The number of aryl methyl sites for hydroxylation is 2. The maximum Gasteiger partial charge on any atom is 0.419 e. The van der Waals surface area contributed by atoms with Crippen molar-refractivity contribution in [3.05, 3.63) is 58.6 Å². The van der Waals surface area contributed by atoms with Gasteiger partial charge < -0.3 is 4.42 Å². The molecule has 0 fully saturated rings. The molecule has 0 bridgehead atoms. The molecule has 2 aromatic carbocycles. The second kappa shape index (κ2) is 5.77. The van der Waals surface area contributed by atoms with Gasteiger partial charge in [-0.15, -0.1) is 0 Å². The van der Waals surface area contributed by atoms with Gasteiger partial charge in [-0.1, -0.05) is 18.2 Å². The van der Waals surface area contributed by atoms with E-state index in [0.717, 1.165) is 24.1 Å². The average Bonchev–Trinajstić information content (AvgIpc) is 2.95. The molecule has 130 valence electrons. The van der Waals surface area contributed by atoms with E-state index in [1.165, 1.54) is 21.0 Å². The highest BCUT2D eigenvalue weighted by molar-refractivity contribution is 7.92. The van der Waals surface area contributed by atoms with Crippen LogP contribution in [0.4, 0.5) is 5.69 Å². The Balaban J connectivity index is 1.84. The van der Waals surface area contributed by atoms with Crippen molar-refractivity contribution in [2.75, 3.05) is 10.8 Å². The second-order valence-corrected chi connectivity index (χ2v) is 7.91. The number of hydrogen-bond acceptors (Lipinski definition) is 4. The van der Waals surface area contributed by atoms with Crippen LogP contribution < -0.4 is 10.1 Å². The highest BCUT2D eigenvalue weighted by atomic mass is 32.2. The van der Waals surface area contributed by atoms with Crippen LogP contribution >= 0.6 is 0 Å². The molecule has 0 spiro atoms. The number of oxazole rings is 1. The van der Waals surface area contributed by atoms with Gasteiger partial charge in [0.1, 0.15) is 0 Å². The Hall–Kier alpha value is -2.54. The molecule has 2 heterocycles. The molecule has 1 aromatic heterocycles. The third-order valence-corrected chi connectivity index (χ3v) is 6.42. The summed E-state index contributed by atoms with van der Waals surface area (Å²) < 4.78 is 34.4. The van der Waals surface area contributed by atoms with Gasteiger partial charge in [-0.05, 0) is 43.5 Å². The maximum atomic E-state index is 13.2. The molecule has 3 aromatic rings. The van der Waals surface area contributed by atoms with Crippen LogP contribution in [0.25, 0.3) is 11.1 Å². The minimum absolute atomic E-state index is 0.133. The number of fused-ring (bicyclic) bond motifs is 2. The van der Waals surface area contributed by atoms with Gasteiger partial charge in [-0.25, -0.2) is 13.2 Å². The van der Waals surface area contributed by atoms with Crippen LogP contribution in [0.3, 0.4) is 0 Å². The molecule has 25 heavy (non-hydrogen) atoms. The predicted octanol–water partition coefficient (Wildman–Crippen LogP) is 2.76. The molecular formula is C18H18N2O4S. The molecule has 0 saturated carbocycles. The van der Waals surface area contributed by atoms with Crippen LogP contribution in [0.2, 0.25) is 0 Å². The largest absolute Gasteiger partial charge is 0.419 e. The van der Waals surface area contributed by atoms with E-state index in [4.69, 9.17) is 4.42 Å². The van der Waals surface area contributed by atoms with Gasteiger partial charge >= 0.3 is 5.76 Å². The third kappa shape index (κ3) is 2.46. The number of para-hydroxylation sites is 1. The zero-order valence-corrected chi connectivity index (χ0v) is 14.6. The highest BCUT2D eigenvalue weighted by Gasteiger charge is 2.29. The van der Waals surface area contributed by atoms with E-state index in [1.807, 2.05) is 31.2 Å². The standard InChI is InChI=1S/C18H18N2O4S/c1-2-19-16-10-9-14(12-17(16)24-18(19)21)25(22,23)20-11-5-7-13-6-3-4-8-15(13)20/h3-4,6,8-10,12H,2,5,7,11H2,1H3. The van der Waals surface area contributed by atoms with E-state index >= 15 is 0 Å². The van der Waals surface area contributed by atoms with Gasteiger partial charge in [0.05, 0.1) is 16.1 Å². The molecule has 0 N–H and O–H groups in total. The number of benzene rings is 2. The van der Waals surface area contributed by atoms with Gasteiger partial charge in [0, 0.05) is 19.2 Å². The van der Waals surface area contributed by atoms with Gasteiger partial charge in [0.2, 0.25) is 0 Å². The van der Waals surface area contributed by atoms with Gasteiger partial charge in [0.15, 0.2) is 5.58 Å². The average molecular weight is 358 g/mol. The van der Waals surface area contributed by atoms with Crippen molar-refractivity contribution in [1.82, 2.24) is 4.57 Å². The van der Waals surface area contributed by atoms with Crippen molar-refractivity contribution in [1.29, 1.82) is 0 Å². The molecule has 1 aliphatic heterocycles. The quantitative estimate of drug-likeness (QED) is 0.722. The Labute approximate surface area is 145 Å². The molecule has 0 radical (unpaired) electrons. The summed E-state index contributed by atoms with van der Waals surface area (Å²) in [6, 6.07) is 12.2. The number of hydrogen-bond donors (Lipinski definition) is 0. The molecule has 0 saturated heterocycles. The van der Waals surface area contributed by atoms with E-state index in [9.17, 15) is 13.2 Å². The molecule has 0 atom stereocenters. The van der Waals surface area contributed by atoms with Crippen LogP contribution in [-0.4, -0.2) is 19.5 Å². The van der Waals surface area contributed by atoms with Gasteiger partial charge in [-0.3, -0.25) is 8.87 Å². The number of aromatic nitrogens is 1. The summed E-state index contributed by atoms with van der Waals surface area (Å²) >= 11 is 0. The summed E-state index contributed by atoms with van der Waals surface area (Å²) in [5.41, 5.74) is 2.65. The summed E-state index contributed by atoms with van der Waals surface area (Å²) in [5, 5.41) is 0.